The Bertz CT molecular complexity index is 1390. The summed E-state index contributed by atoms with van der Waals surface area (Å²) in [6, 6.07) is 31.8. The molecule has 5 rings (SSSR count). The molecule has 0 bridgehead atoms. The number of hydrogen-bond donors (Lipinski definition) is 1. The van der Waals surface area contributed by atoms with Gasteiger partial charge < -0.3 is 19.5 Å². The van der Waals surface area contributed by atoms with Gasteiger partial charge in [0, 0.05) is 35.4 Å². The normalized spacial score (nSPS) is 17.1. The van der Waals surface area contributed by atoms with E-state index < -0.39 is 5.60 Å². The summed E-state index contributed by atoms with van der Waals surface area (Å²) in [6.07, 6.45) is 8.72. The molecule has 0 amide bonds. The van der Waals surface area contributed by atoms with Gasteiger partial charge in [-0.1, -0.05) is 67.4 Å². The number of aryl methyl sites for hydroxylation is 1. The van der Waals surface area contributed by atoms with Crippen molar-refractivity contribution in [2.24, 2.45) is 0 Å². The molecule has 226 valence electrons. The molecule has 3 aromatic carbocycles. The van der Waals surface area contributed by atoms with E-state index in [-0.39, 0.29) is 11.8 Å². The second-order valence-corrected chi connectivity index (χ2v) is 12.0. The number of hydrogen-bond acceptors (Lipinski definition) is 5. The standard InChI is InChI=1S/C38H46N2O3/c1-38(2)37(30-14-7-6-8-15-30)36(34-23-22-33(41-3)28-35(34)43-38)29-18-20-32(21-19-29)42-27-12-5-4-10-24-39-25-13-17-31-16-9-11-26-40-31/h6-9,11,14-16,18-23,26,28,36-37,39H,4-5,10,12-13,17,24-25,27H2,1-3H3/t36-,37+/m1/s1. The first-order valence-corrected chi connectivity index (χ1v) is 15.8. The van der Waals surface area contributed by atoms with Crippen LogP contribution in [0.25, 0.3) is 0 Å². The largest absolute Gasteiger partial charge is 0.497 e. The fraction of sp³-hybridized carbons (Fsp3) is 0.395. The summed E-state index contributed by atoms with van der Waals surface area (Å²) in [5.41, 5.74) is 4.49. The van der Waals surface area contributed by atoms with Crippen molar-refractivity contribution in [3.63, 3.8) is 0 Å². The van der Waals surface area contributed by atoms with E-state index >= 15 is 0 Å². The van der Waals surface area contributed by atoms with Gasteiger partial charge in [-0.3, -0.25) is 4.98 Å². The van der Waals surface area contributed by atoms with Gasteiger partial charge in [-0.05, 0) is 94.1 Å². The molecule has 43 heavy (non-hydrogen) atoms. The van der Waals surface area contributed by atoms with Crippen molar-refractivity contribution in [1.29, 1.82) is 0 Å². The Labute approximate surface area is 257 Å². The first kappa shape index (κ1) is 30.6. The molecule has 0 fully saturated rings. The van der Waals surface area contributed by atoms with Crippen LogP contribution in [0, 0.1) is 0 Å². The van der Waals surface area contributed by atoms with Crippen LogP contribution in [-0.2, 0) is 6.42 Å². The lowest BCUT2D eigenvalue weighted by Crippen LogP contribution is -2.43. The van der Waals surface area contributed by atoms with Gasteiger partial charge in [0.25, 0.3) is 0 Å². The second kappa shape index (κ2) is 15.1. The molecule has 1 aromatic heterocycles. The average Bonchev–Trinajstić information content (AvgIpc) is 3.03. The monoisotopic (exact) mass is 578 g/mol. The Kier molecular flexibility index (Phi) is 10.7. The molecule has 0 saturated heterocycles. The zero-order valence-electron chi connectivity index (χ0n) is 25.9. The molecule has 5 nitrogen and oxygen atoms in total. The van der Waals surface area contributed by atoms with Gasteiger partial charge in [-0.15, -0.1) is 0 Å². The maximum absolute atomic E-state index is 6.63. The van der Waals surface area contributed by atoms with Gasteiger partial charge in [0.1, 0.15) is 22.8 Å². The Morgan fingerprint density at radius 1 is 0.767 bits per heavy atom. The van der Waals surface area contributed by atoms with E-state index in [9.17, 15) is 0 Å². The topological polar surface area (TPSA) is 52.6 Å². The predicted octanol–water partition coefficient (Wildman–Crippen LogP) is 8.34. The van der Waals surface area contributed by atoms with Crippen molar-refractivity contribution in [3.8, 4) is 17.2 Å². The minimum absolute atomic E-state index is 0.143. The molecule has 2 atom stereocenters. The van der Waals surface area contributed by atoms with Gasteiger partial charge in [0.15, 0.2) is 0 Å². The van der Waals surface area contributed by atoms with E-state index in [2.05, 4.69) is 96.9 Å². The number of rotatable bonds is 15. The number of nitrogens with one attached hydrogen (secondary N) is 1. The highest BCUT2D eigenvalue weighted by Gasteiger charge is 2.45. The fourth-order valence-electron chi connectivity index (χ4n) is 6.27. The van der Waals surface area contributed by atoms with Crippen molar-refractivity contribution in [2.75, 3.05) is 26.8 Å². The predicted molar refractivity (Wildman–Crippen MR) is 175 cm³/mol. The average molecular weight is 579 g/mol. The Balaban J connectivity index is 1.11. The number of nitrogens with zero attached hydrogens (tertiary/aromatic N) is 1. The minimum atomic E-state index is -0.407. The zero-order chi connectivity index (χ0) is 29.9. The molecule has 0 saturated carbocycles. The smallest absolute Gasteiger partial charge is 0.127 e. The lowest BCUT2D eigenvalue weighted by Gasteiger charge is -2.45. The van der Waals surface area contributed by atoms with E-state index in [1.807, 2.05) is 24.4 Å². The van der Waals surface area contributed by atoms with Crippen LogP contribution in [0.1, 0.15) is 80.2 Å². The molecule has 0 aliphatic carbocycles. The van der Waals surface area contributed by atoms with E-state index in [1.165, 1.54) is 41.6 Å². The Morgan fingerprint density at radius 2 is 1.51 bits per heavy atom. The van der Waals surface area contributed by atoms with Crippen LogP contribution in [0.3, 0.4) is 0 Å². The molecule has 4 aromatic rings. The summed E-state index contributed by atoms with van der Waals surface area (Å²) in [5.74, 6) is 2.92. The summed E-state index contributed by atoms with van der Waals surface area (Å²) in [5, 5.41) is 3.56. The van der Waals surface area contributed by atoms with Gasteiger partial charge >= 0.3 is 0 Å². The van der Waals surface area contributed by atoms with E-state index in [0.717, 1.165) is 56.2 Å². The molecule has 0 unspecified atom stereocenters. The van der Waals surface area contributed by atoms with Crippen LogP contribution in [-0.4, -0.2) is 37.4 Å². The number of unbranched alkanes of at least 4 members (excludes halogenated alkanes) is 3. The minimum Gasteiger partial charge on any atom is -0.497 e. The highest BCUT2D eigenvalue weighted by molar-refractivity contribution is 5.52. The number of methoxy groups -OCH3 is 1. The van der Waals surface area contributed by atoms with Crippen LogP contribution < -0.4 is 19.5 Å². The molecule has 2 heterocycles. The van der Waals surface area contributed by atoms with Crippen LogP contribution in [0.15, 0.2) is 97.2 Å². The highest BCUT2D eigenvalue weighted by atomic mass is 16.5. The van der Waals surface area contributed by atoms with Crippen LogP contribution >= 0.6 is 0 Å². The zero-order valence-corrected chi connectivity index (χ0v) is 25.9. The summed E-state index contributed by atoms with van der Waals surface area (Å²) in [7, 11) is 1.70. The number of benzene rings is 3. The lowest BCUT2D eigenvalue weighted by atomic mass is 9.68. The molecular weight excluding hydrogens is 532 g/mol. The molecule has 1 aliphatic rings. The summed E-state index contributed by atoms with van der Waals surface area (Å²) in [6.45, 7) is 7.26. The summed E-state index contributed by atoms with van der Waals surface area (Å²) < 4.78 is 18.3. The first-order valence-electron chi connectivity index (χ1n) is 15.8. The number of ether oxygens (including phenoxy) is 3. The fourth-order valence-corrected chi connectivity index (χ4v) is 6.27. The number of aromatic nitrogens is 1. The van der Waals surface area contributed by atoms with Crippen molar-refractivity contribution >= 4 is 0 Å². The van der Waals surface area contributed by atoms with E-state index in [0.29, 0.717) is 0 Å². The third kappa shape index (κ3) is 8.17. The highest BCUT2D eigenvalue weighted by Crippen LogP contribution is 2.53. The molecule has 0 spiro atoms. The Hall–Kier alpha value is -3.83. The van der Waals surface area contributed by atoms with Crippen molar-refractivity contribution in [3.05, 3.63) is 120 Å². The molecule has 1 N–H and O–H groups in total. The van der Waals surface area contributed by atoms with Gasteiger partial charge in [-0.2, -0.15) is 0 Å². The van der Waals surface area contributed by atoms with Gasteiger partial charge in [0.2, 0.25) is 0 Å². The number of fused-ring (bicyclic) bond motifs is 1. The summed E-state index contributed by atoms with van der Waals surface area (Å²) >= 11 is 0. The van der Waals surface area contributed by atoms with Crippen molar-refractivity contribution in [1.82, 2.24) is 10.3 Å². The van der Waals surface area contributed by atoms with Gasteiger partial charge in [0.05, 0.1) is 13.7 Å². The van der Waals surface area contributed by atoms with Crippen molar-refractivity contribution in [2.45, 2.75) is 69.8 Å². The summed E-state index contributed by atoms with van der Waals surface area (Å²) in [4.78, 5) is 4.39. The molecule has 1 aliphatic heterocycles. The quantitative estimate of drug-likeness (QED) is 0.144. The van der Waals surface area contributed by atoms with Crippen molar-refractivity contribution < 1.29 is 14.2 Å². The third-order valence-electron chi connectivity index (χ3n) is 8.44. The SMILES string of the molecule is COc1ccc2c(c1)OC(C)(C)[C@@H](c1ccccc1)[C@@H]2c1ccc(OCCCCCCNCCCc2ccccn2)cc1. The molecule has 0 radical (unpaired) electrons. The van der Waals surface area contributed by atoms with Crippen LogP contribution in [0.5, 0.6) is 17.2 Å². The van der Waals surface area contributed by atoms with Crippen LogP contribution in [0.4, 0.5) is 0 Å². The van der Waals surface area contributed by atoms with Crippen LogP contribution in [0.2, 0.25) is 0 Å². The maximum Gasteiger partial charge on any atom is 0.127 e. The maximum atomic E-state index is 6.63. The molecule has 5 heteroatoms. The number of pyridine rings is 1. The Morgan fingerprint density at radius 3 is 2.28 bits per heavy atom. The van der Waals surface area contributed by atoms with Gasteiger partial charge in [-0.25, -0.2) is 0 Å². The third-order valence-corrected chi connectivity index (χ3v) is 8.44. The van der Waals surface area contributed by atoms with E-state index in [4.69, 9.17) is 14.2 Å². The van der Waals surface area contributed by atoms with E-state index in [1.54, 1.807) is 7.11 Å². The lowest BCUT2D eigenvalue weighted by molar-refractivity contribution is 0.0528. The molecular formula is C38H46N2O3. The first-order chi connectivity index (χ1) is 21.0. The second-order valence-electron chi connectivity index (χ2n) is 12.0.